The second-order valence-corrected chi connectivity index (χ2v) is 3.15. The van der Waals surface area contributed by atoms with Crippen LogP contribution in [0.2, 0.25) is 0 Å². The quantitative estimate of drug-likeness (QED) is 0.407. The highest BCUT2D eigenvalue weighted by atomic mass is 16.6. The van der Waals surface area contributed by atoms with Gasteiger partial charge in [0.2, 0.25) is 0 Å². The van der Waals surface area contributed by atoms with Crippen molar-refractivity contribution in [2.45, 2.75) is 0 Å². The molecule has 0 spiro atoms. The molecule has 0 atom stereocenters. The lowest BCUT2D eigenvalue weighted by molar-refractivity contribution is -0.384. The van der Waals surface area contributed by atoms with Gasteiger partial charge in [0.15, 0.2) is 0 Å². The van der Waals surface area contributed by atoms with Crippen LogP contribution in [-0.4, -0.2) is 18.0 Å². The maximum atomic E-state index is 10.5. The van der Waals surface area contributed by atoms with Crippen molar-refractivity contribution in [3.05, 3.63) is 46.5 Å². The van der Waals surface area contributed by atoms with Gasteiger partial charge in [-0.2, -0.15) is 0 Å². The van der Waals surface area contributed by atoms with Gasteiger partial charge in [-0.25, -0.2) is 0 Å². The Morgan fingerprint density at radius 2 is 2.00 bits per heavy atom. The third kappa shape index (κ3) is 1.59. The molecule has 4 nitrogen and oxygen atoms in total. The van der Waals surface area contributed by atoms with Gasteiger partial charge in [0.1, 0.15) is 0 Å². The van der Waals surface area contributed by atoms with Crippen molar-refractivity contribution >= 4 is 11.4 Å². The Labute approximate surface area is 81.6 Å². The standard InChI is InChI=1S/C10H10N2O2/c13-12(14)10-5-3-4-9(8-10)11-6-1-2-7-11/h1-5,8H,6-7H2. The van der Waals surface area contributed by atoms with Crippen molar-refractivity contribution in [3.63, 3.8) is 0 Å². The second-order valence-electron chi connectivity index (χ2n) is 3.15. The normalized spacial score (nSPS) is 14.7. The molecule has 14 heavy (non-hydrogen) atoms. The zero-order chi connectivity index (χ0) is 9.97. The molecule has 0 fully saturated rings. The lowest BCUT2D eigenvalue weighted by atomic mass is 10.2. The Bertz CT molecular complexity index is 379. The van der Waals surface area contributed by atoms with Crippen LogP contribution in [0.5, 0.6) is 0 Å². The van der Waals surface area contributed by atoms with Crippen LogP contribution < -0.4 is 4.90 Å². The molecule has 1 aliphatic heterocycles. The molecule has 0 aliphatic carbocycles. The number of nitrogens with zero attached hydrogens (tertiary/aromatic N) is 2. The number of hydrogen-bond acceptors (Lipinski definition) is 3. The Morgan fingerprint density at radius 3 is 2.64 bits per heavy atom. The molecule has 0 radical (unpaired) electrons. The molecule has 0 saturated carbocycles. The number of anilines is 1. The average molecular weight is 190 g/mol. The van der Waals surface area contributed by atoms with Crippen molar-refractivity contribution < 1.29 is 4.92 Å². The van der Waals surface area contributed by atoms with Crippen LogP contribution in [-0.2, 0) is 0 Å². The van der Waals surface area contributed by atoms with Gasteiger partial charge in [0.05, 0.1) is 4.92 Å². The van der Waals surface area contributed by atoms with E-state index in [9.17, 15) is 10.1 Å². The summed E-state index contributed by atoms with van der Waals surface area (Å²) in [5.41, 5.74) is 1.05. The zero-order valence-electron chi connectivity index (χ0n) is 7.59. The Hall–Kier alpha value is -1.84. The van der Waals surface area contributed by atoms with Crippen LogP contribution in [0.3, 0.4) is 0 Å². The summed E-state index contributed by atoms with van der Waals surface area (Å²) in [7, 11) is 0. The van der Waals surface area contributed by atoms with Gasteiger partial charge in [0.25, 0.3) is 5.69 Å². The first kappa shape index (κ1) is 8.74. The first-order chi connectivity index (χ1) is 6.77. The third-order valence-electron chi connectivity index (χ3n) is 2.22. The molecule has 0 unspecified atom stereocenters. The van der Waals surface area contributed by atoms with Crippen LogP contribution in [0.4, 0.5) is 11.4 Å². The van der Waals surface area contributed by atoms with E-state index in [-0.39, 0.29) is 10.6 Å². The summed E-state index contributed by atoms with van der Waals surface area (Å²) in [6.07, 6.45) is 4.11. The highest BCUT2D eigenvalue weighted by molar-refractivity contribution is 5.54. The van der Waals surface area contributed by atoms with E-state index in [0.717, 1.165) is 18.8 Å². The molecular formula is C10H10N2O2. The number of nitro benzene ring substituents is 1. The molecule has 0 bridgehead atoms. The second kappa shape index (κ2) is 3.49. The maximum absolute atomic E-state index is 10.5. The van der Waals surface area contributed by atoms with Gasteiger partial charge in [-0.3, -0.25) is 10.1 Å². The molecule has 0 amide bonds. The molecule has 2 rings (SSSR count). The highest BCUT2D eigenvalue weighted by Crippen LogP contribution is 2.22. The summed E-state index contributed by atoms with van der Waals surface area (Å²) in [5.74, 6) is 0. The fraction of sp³-hybridized carbons (Fsp3) is 0.200. The van der Waals surface area contributed by atoms with E-state index >= 15 is 0 Å². The third-order valence-corrected chi connectivity index (χ3v) is 2.22. The van der Waals surface area contributed by atoms with Crippen LogP contribution in [0.1, 0.15) is 0 Å². The van der Waals surface area contributed by atoms with Crippen LogP contribution in [0.15, 0.2) is 36.4 Å². The minimum Gasteiger partial charge on any atom is -0.364 e. The molecule has 4 heteroatoms. The average Bonchev–Trinajstić information content (AvgIpc) is 2.71. The summed E-state index contributed by atoms with van der Waals surface area (Å²) in [4.78, 5) is 12.2. The Balaban J connectivity index is 2.26. The SMILES string of the molecule is O=[N+]([O-])c1cccc(N2CC=CC2)c1. The van der Waals surface area contributed by atoms with Crippen LogP contribution >= 0.6 is 0 Å². The first-order valence-electron chi connectivity index (χ1n) is 4.42. The largest absolute Gasteiger partial charge is 0.364 e. The molecule has 1 heterocycles. The highest BCUT2D eigenvalue weighted by Gasteiger charge is 2.11. The molecule has 0 N–H and O–H groups in total. The minimum absolute atomic E-state index is 0.148. The van der Waals surface area contributed by atoms with Gasteiger partial charge in [-0.05, 0) is 6.07 Å². The van der Waals surface area contributed by atoms with Gasteiger partial charge in [0, 0.05) is 30.9 Å². The van der Waals surface area contributed by atoms with Gasteiger partial charge >= 0.3 is 0 Å². The summed E-state index contributed by atoms with van der Waals surface area (Å²) < 4.78 is 0. The van der Waals surface area contributed by atoms with E-state index in [1.807, 2.05) is 6.07 Å². The summed E-state index contributed by atoms with van der Waals surface area (Å²) in [6.45, 7) is 1.67. The predicted molar refractivity (Wildman–Crippen MR) is 54.4 cm³/mol. The molecule has 0 aromatic heterocycles. The fourth-order valence-corrected chi connectivity index (χ4v) is 1.49. The van der Waals surface area contributed by atoms with Crippen LogP contribution in [0.25, 0.3) is 0 Å². The molecule has 0 saturated heterocycles. The van der Waals surface area contributed by atoms with Crippen molar-refractivity contribution in [2.24, 2.45) is 0 Å². The minimum atomic E-state index is -0.368. The number of nitro groups is 1. The summed E-state index contributed by atoms with van der Waals surface area (Å²) >= 11 is 0. The van der Waals surface area contributed by atoms with E-state index < -0.39 is 0 Å². The van der Waals surface area contributed by atoms with Crippen molar-refractivity contribution in [3.8, 4) is 0 Å². The molecular weight excluding hydrogens is 180 g/mol. The Kier molecular flexibility index (Phi) is 2.18. The van der Waals surface area contributed by atoms with Crippen molar-refractivity contribution in [1.82, 2.24) is 0 Å². The summed E-state index contributed by atoms with van der Waals surface area (Å²) in [6, 6.07) is 6.71. The number of benzene rings is 1. The van der Waals surface area contributed by atoms with Gasteiger partial charge in [-0.15, -0.1) is 0 Å². The Morgan fingerprint density at radius 1 is 1.29 bits per heavy atom. The van der Waals surface area contributed by atoms with E-state index in [2.05, 4.69) is 17.1 Å². The molecule has 72 valence electrons. The smallest absolute Gasteiger partial charge is 0.271 e. The lowest BCUT2D eigenvalue weighted by Crippen LogP contribution is -2.18. The fourth-order valence-electron chi connectivity index (χ4n) is 1.49. The maximum Gasteiger partial charge on any atom is 0.271 e. The topological polar surface area (TPSA) is 46.4 Å². The molecule has 1 aromatic carbocycles. The first-order valence-corrected chi connectivity index (χ1v) is 4.42. The van der Waals surface area contributed by atoms with E-state index in [0.29, 0.717) is 0 Å². The molecule has 1 aliphatic rings. The molecule has 1 aromatic rings. The zero-order valence-corrected chi connectivity index (χ0v) is 7.59. The summed E-state index contributed by atoms with van der Waals surface area (Å²) in [5, 5.41) is 10.5. The van der Waals surface area contributed by atoms with Crippen molar-refractivity contribution in [2.75, 3.05) is 18.0 Å². The number of non-ortho nitro benzene ring substituents is 1. The van der Waals surface area contributed by atoms with Gasteiger partial charge in [-0.1, -0.05) is 18.2 Å². The number of hydrogen-bond donors (Lipinski definition) is 0. The van der Waals surface area contributed by atoms with Crippen molar-refractivity contribution in [1.29, 1.82) is 0 Å². The van der Waals surface area contributed by atoms with Crippen LogP contribution in [0, 0.1) is 10.1 Å². The van der Waals surface area contributed by atoms with E-state index in [4.69, 9.17) is 0 Å². The monoisotopic (exact) mass is 190 g/mol. The number of rotatable bonds is 2. The predicted octanol–water partition coefficient (Wildman–Crippen LogP) is 1.97. The lowest BCUT2D eigenvalue weighted by Gasteiger charge is -2.16. The van der Waals surface area contributed by atoms with E-state index in [1.54, 1.807) is 12.1 Å². The van der Waals surface area contributed by atoms with Gasteiger partial charge < -0.3 is 4.90 Å². The van der Waals surface area contributed by atoms with E-state index in [1.165, 1.54) is 6.07 Å².